The molecule has 0 bridgehead atoms. The van der Waals surface area contributed by atoms with E-state index in [9.17, 15) is 4.79 Å². The van der Waals surface area contributed by atoms with Crippen LogP contribution in [0.1, 0.15) is 0 Å². The van der Waals surface area contributed by atoms with Gasteiger partial charge < -0.3 is 4.98 Å². The molecule has 4 rings (SSSR count). The summed E-state index contributed by atoms with van der Waals surface area (Å²) in [5.74, 6) is 0. The lowest BCUT2D eigenvalue weighted by Crippen LogP contribution is -2.08. The SMILES string of the molecule is O=c1[nH]c(-c2ccc3ccccc3c2)c(Br)c2ccccc12. The van der Waals surface area contributed by atoms with Gasteiger partial charge in [-0.3, -0.25) is 4.79 Å². The van der Waals surface area contributed by atoms with Crippen LogP contribution in [0.15, 0.2) is 76.0 Å². The Balaban J connectivity index is 2.03. The van der Waals surface area contributed by atoms with E-state index in [4.69, 9.17) is 0 Å². The van der Waals surface area contributed by atoms with Gasteiger partial charge in [0.05, 0.1) is 5.69 Å². The lowest BCUT2D eigenvalue weighted by Gasteiger charge is -2.09. The number of fused-ring (bicyclic) bond motifs is 2. The van der Waals surface area contributed by atoms with Gasteiger partial charge in [0.25, 0.3) is 5.56 Å². The summed E-state index contributed by atoms with van der Waals surface area (Å²) in [5.41, 5.74) is 1.74. The molecule has 1 heterocycles. The van der Waals surface area contributed by atoms with Crippen LogP contribution in [0.5, 0.6) is 0 Å². The number of benzene rings is 3. The smallest absolute Gasteiger partial charge is 0.256 e. The van der Waals surface area contributed by atoms with Crippen LogP contribution in [-0.2, 0) is 0 Å². The van der Waals surface area contributed by atoms with Gasteiger partial charge in [0.15, 0.2) is 0 Å². The first-order valence-electron chi connectivity index (χ1n) is 7.04. The fourth-order valence-electron chi connectivity index (χ4n) is 2.79. The van der Waals surface area contributed by atoms with Crippen LogP contribution >= 0.6 is 15.9 Å². The van der Waals surface area contributed by atoms with Crippen molar-refractivity contribution in [3.63, 3.8) is 0 Å². The van der Waals surface area contributed by atoms with Crippen molar-refractivity contribution in [2.24, 2.45) is 0 Å². The van der Waals surface area contributed by atoms with Gasteiger partial charge in [-0.25, -0.2) is 0 Å². The predicted molar refractivity (Wildman–Crippen MR) is 95.2 cm³/mol. The molecule has 0 amide bonds. The standard InChI is InChI=1S/C19H12BrNO/c20-17-15-7-3-4-8-16(15)19(22)21-18(17)14-10-9-12-5-1-2-6-13(12)11-14/h1-11H,(H,21,22). The lowest BCUT2D eigenvalue weighted by atomic mass is 10.0. The molecule has 0 saturated heterocycles. The fraction of sp³-hybridized carbons (Fsp3) is 0. The number of H-pyrrole nitrogens is 1. The number of rotatable bonds is 1. The highest BCUT2D eigenvalue weighted by molar-refractivity contribution is 9.10. The van der Waals surface area contributed by atoms with Crippen molar-refractivity contribution in [2.75, 3.05) is 0 Å². The second-order valence-corrected chi connectivity index (χ2v) is 6.04. The van der Waals surface area contributed by atoms with Crippen LogP contribution < -0.4 is 5.56 Å². The van der Waals surface area contributed by atoms with Gasteiger partial charge in [0.1, 0.15) is 0 Å². The van der Waals surface area contributed by atoms with Crippen molar-refractivity contribution in [1.82, 2.24) is 4.98 Å². The summed E-state index contributed by atoms with van der Waals surface area (Å²) in [6.45, 7) is 0. The topological polar surface area (TPSA) is 32.9 Å². The number of hydrogen-bond acceptors (Lipinski definition) is 1. The van der Waals surface area contributed by atoms with Crippen molar-refractivity contribution in [1.29, 1.82) is 0 Å². The molecule has 0 unspecified atom stereocenters. The molecule has 2 nitrogen and oxygen atoms in total. The van der Waals surface area contributed by atoms with E-state index < -0.39 is 0 Å². The first kappa shape index (κ1) is 13.3. The van der Waals surface area contributed by atoms with Crippen molar-refractivity contribution < 1.29 is 0 Å². The summed E-state index contributed by atoms with van der Waals surface area (Å²) in [4.78, 5) is 15.3. The van der Waals surface area contributed by atoms with E-state index in [0.717, 1.165) is 26.5 Å². The molecule has 4 aromatic rings. The second-order valence-electron chi connectivity index (χ2n) is 5.25. The molecular formula is C19H12BrNO. The molecule has 22 heavy (non-hydrogen) atoms. The van der Waals surface area contributed by atoms with Crippen LogP contribution in [0.2, 0.25) is 0 Å². The highest BCUT2D eigenvalue weighted by Crippen LogP contribution is 2.32. The molecule has 0 saturated carbocycles. The first-order chi connectivity index (χ1) is 10.7. The minimum absolute atomic E-state index is 0.0676. The average molecular weight is 350 g/mol. The van der Waals surface area contributed by atoms with Crippen molar-refractivity contribution >= 4 is 37.5 Å². The highest BCUT2D eigenvalue weighted by atomic mass is 79.9. The largest absolute Gasteiger partial charge is 0.320 e. The molecule has 0 fully saturated rings. The Hall–Kier alpha value is -2.39. The normalized spacial score (nSPS) is 11.1. The molecule has 3 heteroatoms. The van der Waals surface area contributed by atoms with Gasteiger partial charge in [-0.2, -0.15) is 0 Å². The van der Waals surface area contributed by atoms with Crippen LogP contribution in [0.3, 0.4) is 0 Å². The highest BCUT2D eigenvalue weighted by Gasteiger charge is 2.11. The van der Waals surface area contributed by atoms with Crippen molar-refractivity contribution in [3.05, 3.63) is 81.6 Å². The molecule has 0 atom stereocenters. The fourth-order valence-corrected chi connectivity index (χ4v) is 3.46. The van der Waals surface area contributed by atoms with Gasteiger partial charge in [-0.1, -0.05) is 54.6 Å². The van der Waals surface area contributed by atoms with Gasteiger partial charge in [-0.15, -0.1) is 0 Å². The van der Waals surface area contributed by atoms with E-state index in [0.29, 0.717) is 5.39 Å². The third kappa shape index (κ3) is 2.06. The van der Waals surface area contributed by atoms with E-state index in [-0.39, 0.29) is 5.56 Å². The summed E-state index contributed by atoms with van der Waals surface area (Å²) in [6, 6.07) is 22.0. The molecule has 3 aromatic carbocycles. The minimum atomic E-state index is -0.0676. The van der Waals surface area contributed by atoms with E-state index >= 15 is 0 Å². The lowest BCUT2D eigenvalue weighted by molar-refractivity contribution is 1.27. The summed E-state index contributed by atoms with van der Waals surface area (Å²) in [5, 5.41) is 3.96. The van der Waals surface area contributed by atoms with Gasteiger partial charge in [0.2, 0.25) is 0 Å². The van der Waals surface area contributed by atoms with Crippen LogP contribution in [-0.4, -0.2) is 4.98 Å². The second kappa shape index (κ2) is 5.11. The Bertz CT molecular complexity index is 1070. The van der Waals surface area contributed by atoms with E-state index in [2.05, 4.69) is 45.2 Å². The molecule has 0 spiro atoms. The number of hydrogen-bond donors (Lipinski definition) is 1. The van der Waals surface area contributed by atoms with E-state index in [1.165, 1.54) is 5.39 Å². The zero-order valence-electron chi connectivity index (χ0n) is 11.6. The maximum Gasteiger partial charge on any atom is 0.256 e. The average Bonchev–Trinajstić information content (AvgIpc) is 2.58. The summed E-state index contributed by atoms with van der Waals surface area (Å²) in [6.07, 6.45) is 0. The molecular weight excluding hydrogens is 338 g/mol. The molecule has 0 aliphatic heterocycles. The van der Waals surface area contributed by atoms with Crippen LogP contribution in [0.4, 0.5) is 0 Å². The zero-order valence-corrected chi connectivity index (χ0v) is 13.2. The van der Waals surface area contributed by atoms with Gasteiger partial charge in [0, 0.05) is 15.2 Å². The molecule has 1 N–H and O–H groups in total. The number of pyridine rings is 1. The third-order valence-electron chi connectivity index (χ3n) is 3.90. The third-order valence-corrected chi connectivity index (χ3v) is 4.73. The number of aromatic nitrogens is 1. The predicted octanol–water partition coefficient (Wildman–Crippen LogP) is 5.11. The molecule has 1 aromatic heterocycles. The van der Waals surface area contributed by atoms with E-state index in [1.54, 1.807) is 0 Å². The molecule has 0 aliphatic carbocycles. The first-order valence-corrected chi connectivity index (χ1v) is 7.83. The maximum atomic E-state index is 12.3. The Kier molecular flexibility index (Phi) is 3.09. The summed E-state index contributed by atoms with van der Waals surface area (Å²) < 4.78 is 0.915. The Morgan fingerprint density at radius 1 is 0.773 bits per heavy atom. The van der Waals surface area contributed by atoms with E-state index in [1.807, 2.05) is 42.5 Å². The van der Waals surface area contributed by atoms with Crippen LogP contribution in [0.25, 0.3) is 32.8 Å². The Morgan fingerprint density at radius 3 is 2.27 bits per heavy atom. The monoisotopic (exact) mass is 349 g/mol. The number of halogens is 1. The van der Waals surface area contributed by atoms with Crippen molar-refractivity contribution in [2.45, 2.75) is 0 Å². The van der Waals surface area contributed by atoms with Gasteiger partial charge in [-0.05, 0) is 44.4 Å². The molecule has 0 radical (unpaired) electrons. The number of aromatic amines is 1. The summed E-state index contributed by atoms with van der Waals surface area (Å²) in [7, 11) is 0. The number of nitrogens with one attached hydrogen (secondary N) is 1. The molecule has 0 aliphatic rings. The van der Waals surface area contributed by atoms with Crippen molar-refractivity contribution in [3.8, 4) is 11.3 Å². The summed E-state index contributed by atoms with van der Waals surface area (Å²) >= 11 is 3.65. The Labute approximate surface area is 135 Å². The minimum Gasteiger partial charge on any atom is -0.320 e. The maximum absolute atomic E-state index is 12.3. The van der Waals surface area contributed by atoms with Crippen LogP contribution in [0, 0.1) is 0 Å². The Morgan fingerprint density at radius 2 is 1.45 bits per heavy atom. The molecule has 106 valence electrons. The zero-order chi connectivity index (χ0) is 15.1. The van der Waals surface area contributed by atoms with Gasteiger partial charge >= 0.3 is 0 Å². The quantitative estimate of drug-likeness (QED) is 0.508.